The molecule has 1 radical (unpaired) electrons. The van der Waals surface area contributed by atoms with Crippen LogP contribution < -0.4 is 0 Å². The fourth-order valence-electron chi connectivity index (χ4n) is 0.879. The fraction of sp³-hybridized carbons (Fsp3) is 0.500. The minimum Gasteiger partial charge on any atom is -0.469 e. The summed E-state index contributed by atoms with van der Waals surface area (Å²) in [6, 6.07) is 0. The zero-order valence-electron chi connectivity index (χ0n) is 6.99. The van der Waals surface area contributed by atoms with E-state index in [0.29, 0.717) is 6.42 Å². The van der Waals surface area contributed by atoms with Crippen molar-refractivity contribution in [2.75, 3.05) is 7.11 Å². The molecule has 12 heavy (non-hydrogen) atoms. The number of hydrogen-bond acceptors (Lipinski definition) is 3. The molecule has 1 aromatic heterocycles. The zero-order chi connectivity index (χ0) is 8.81. The topological polar surface area (TPSA) is 44.1 Å². The number of methoxy groups -OCH3 is 1. The van der Waals surface area contributed by atoms with Crippen LogP contribution in [0.25, 0.3) is 0 Å². The van der Waals surface area contributed by atoms with Crippen molar-refractivity contribution >= 4 is 5.97 Å². The van der Waals surface area contributed by atoms with E-state index in [4.69, 9.17) is 0 Å². The van der Waals surface area contributed by atoms with Crippen molar-refractivity contribution in [3.8, 4) is 0 Å². The van der Waals surface area contributed by atoms with Crippen LogP contribution in [0.3, 0.4) is 0 Å². The van der Waals surface area contributed by atoms with Gasteiger partial charge in [0.05, 0.1) is 13.4 Å². The lowest BCUT2D eigenvalue weighted by molar-refractivity contribution is -0.140. The van der Waals surface area contributed by atoms with Crippen LogP contribution in [0.15, 0.2) is 12.5 Å². The molecular weight excluding hydrogens is 156 g/mol. The SMILES string of the molecule is COC(=O)CCCn1c[c]nc1. The largest absolute Gasteiger partial charge is 0.469 e. The summed E-state index contributed by atoms with van der Waals surface area (Å²) in [4.78, 5) is 14.4. The van der Waals surface area contributed by atoms with Crippen molar-refractivity contribution in [1.29, 1.82) is 0 Å². The van der Waals surface area contributed by atoms with Gasteiger partial charge < -0.3 is 9.30 Å². The normalized spacial score (nSPS) is 9.75. The number of rotatable bonds is 4. The monoisotopic (exact) mass is 167 g/mol. The van der Waals surface area contributed by atoms with E-state index in [2.05, 4.69) is 15.9 Å². The van der Waals surface area contributed by atoms with Gasteiger partial charge in [-0.05, 0) is 6.42 Å². The van der Waals surface area contributed by atoms with Gasteiger partial charge in [0.1, 0.15) is 6.20 Å². The van der Waals surface area contributed by atoms with Crippen LogP contribution in [-0.2, 0) is 16.1 Å². The van der Waals surface area contributed by atoms with Crippen molar-refractivity contribution in [2.45, 2.75) is 19.4 Å². The Bertz CT molecular complexity index is 231. The third kappa shape index (κ3) is 2.74. The molecule has 1 heterocycles. The molecule has 0 atom stereocenters. The molecule has 4 heteroatoms. The Morgan fingerprint density at radius 1 is 1.75 bits per heavy atom. The van der Waals surface area contributed by atoms with Gasteiger partial charge in [0.2, 0.25) is 0 Å². The van der Waals surface area contributed by atoms with Gasteiger partial charge in [-0.15, -0.1) is 0 Å². The summed E-state index contributed by atoms with van der Waals surface area (Å²) in [6.07, 6.45) is 7.33. The summed E-state index contributed by atoms with van der Waals surface area (Å²) in [5.41, 5.74) is 0. The lowest BCUT2D eigenvalue weighted by Gasteiger charge is -2.00. The molecule has 0 aliphatic rings. The number of carbonyl (C=O) groups is 1. The molecule has 4 nitrogen and oxygen atoms in total. The standard InChI is InChI=1S/C8H11N2O2/c1-12-8(11)3-2-5-10-6-4-9-7-10/h6-7H,2-3,5H2,1H3. The minimum absolute atomic E-state index is 0.168. The third-order valence-corrected chi connectivity index (χ3v) is 1.53. The second-order valence-corrected chi connectivity index (χ2v) is 2.42. The molecule has 1 rings (SSSR count). The average molecular weight is 167 g/mol. The predicted octanol–water partition coefficient (Wildman–Crippen LogP) is 0.636. The summed E-state index contributed by atoms with van der Waals surface area (Å²) >= 11 is 0. The molecular formula is C8H11N2O2. The van der Waals surface area contributed by atoms with Crippen LogP contribution >= 0.6 is 0 Å². The number of ether oxygens (including phenoxy) is 1. The Morgan fingerprint density at radius 2 is 2.58 bits per heavy atom. The molecule has 0 aliphatic carbocycles. The van der Waals surface area contributed by atoms with Crippen LogP contribution in [0.2, 0.25) is 0 Å². The van der Waals surface area contributed by atoms with E-state index in [1.807, 2.05) is 4.57 Å². The maximum absolute atomic E-state index is 10.7. The first kappa shape index (κ1) is 8.77. The Balaban J connectivity index is 2.15. The number of carbonyl (C=O) groups excluding carboxylic acids is 1. The van der Waals surface area contributed by atoms with E-state index in [-0.39, 0.29) is 5.97 Å². The molecule has 0 spiro atoms. The van der Waals surface area contributed by atoms with Gasteiger partial charge in [0.15, 0.2) is 0 Å². The van der Waals surface area contributed by atoms with Gasteiger partial charge in [-0.2, -0.15) is 0 Å². The first-order chi connectivity index (χ1) is 5.83. The number of nitrogens with zero attached hydrogens (tertiary/aromatic N) is 2. The van der Waals surface area contributed by atoms with E-state index in [9.17, 15) is 4.79 Å². The van der Waals surface area contributed by atoms with E-state index in [0.717, 1.165) is 13.0 Å². The van der Waals surface area contributed by atoms with Crippen LogP contribution in [0.4, 0.5) is 0 Å². The van der Waals surface area contributed by atoms with E-state index in [1.165, 1.54) is 7.11 Å². The molecule has 0 aliphatic heterocycles. The van der Waals surface area contributed by atoms with E-state index < -0.39 is 0 Å². The molecule has 0 saturated heterocycles. The maximum Gasteiger partial charge on any atom is 0.305 e. The molecule has 0 N–H and O–H groups in total. The number of imidazole rings is 1. The van der Waals surface area contributed by atoms with Crippen LogP contribution in [0.1, 0.15) is 12.8 Å². The second kappa shape index (κ2) is 4.54. The Morgan fingerprint density at radius 3 is 3.17 bits per heavy atom. The lowest BCUT2D eigenvalue weighted by atomic mass is 10.3. The quantitative estimate of drug-likeness (QED) is 0.618. The van der Waals surface area contributed by atoms with Crippen LogP contribution in [0, 0.1) is 6.20 Å². The van der Waals surface area contributed by atoms with Crippen LogP contribution in [-0.4, -0.2) is 22.6 Å². The number of aromatic nitrogens is 2. The van der Waals surface area contributed by atoms with Gasteiger partial charge in [-0.3, -0.25) is 4.79 Å². The van der Waals surface area contributed by atoms with Gasteiger partial charge in [-0.25, -0.2) is 4.98 Å². The summed E-state index contributed by atoms with van der Waals surface area (Å²) in [7, 11) is 1.40. The van der Waals surface area contributed by atoms with Crippen molar-refractivity contribution in [1.82, 2.24) is 9.55 Å². The predicted molar refractivity (Wildman–Crippen MR) is 42.3 cm³/mol. The van der Waals surface area contributed by atoms with Gasteiger partial charge in [0, 0.05) is 19.2 Å². The molecule has 0 unspecified atom stereocenters. The number of hydrogen-bond donors (Lipinski definition) is 0. The maximum atomic E-state index is 10.7. The zero-order valence-corrected chi connectivity index (χ0v) is 6.99. The van der Waals surface area contributed by atoms with Crippen molar-refractivity contribution in [3.63, 3.8) is 0 Å². The highest BCUT2D eigenvalue weighted by atomic mass is 16.5. The van der Waals surface area contributed by atoms with E-state index in [1.54, 1.807) is 12.5 Å². The van der Waals surface area contributed by atoms with E-state index >= 15 is 0 Å². The molecule has 65 valence electrons. The summed E-state index contributed by atoms with van der Waals surface area (Å²) < 4.78 is 6.38. The lowest BCUT2D eigenvalue weighted by Crippen LogP contribution is -2.02. The molecule has 0 bridgehead atoms. The smallest absolute Gasteiger partial charge is 0.305 e. The van der Waals surface area contributed by atoms with Gasteiger partial charge in [0.25, 0.3) is 0 Å². The van der Waals surface area contributed by atoms with Crippen LogP contribution in [0.5, 0.6) is 0 Å². The molecule has 0 amide bonds. The Labute approximate surface area is 71.2 Å². The molecule has 0 saturated carbocycles. The second-order valence-electron chi connectivity index (χ2n) is 2.42. The molecule has 1 aromatic rings. The highest BCUT2D eigenvalue weighted by molar-refractivity contribution is 5.68. The van der Waals surface area contributed by atoms with Crippen molar-refractivity contribution in [2.24, 2.45) is 0 Å². The summed E-state index contributed by atoms with van der Waals surface area (Å²) in [5.74, 6) is -0.168. The number of esters is 1. The third-order valence-electron chi connectivity index (χ3n) is 1.53. The molecule has 0 aromatic carbocycles. The highest BCUT2D eigenvalue weighted by Gasteiger charge is 1.98. The highest BCUT2D eigenvalue weighted by Crippen LogP contribution is 1.95. The minimum atomic E-state index is -0.168. The first-order valence-corrected chi connectivity index (χ1v) is 3.77. The van der Waals surface area contributed by atoms with Crippen molar-refractivity contribution in [3.05, 3.63) is 18.7 Å². The fourth-order valence-corrected chi connectivity index (χ4v) is 0.879. The molecule has 0 fully saturated rings. The Kier molecular flexibility index (Phi) is 3.32. The van der Waals surface area contributed by atoms with Gasteiger partial charge in [-0.1, -0.05) is 0 Å². The number of aryl methyl sites for hydroxylation is 1. The average Bonchev–Trinajstić information content (AvgIpc) is 2.57. The summed E-state index contributed by atoms with van der Waals surface area (Å²) in [6.45, 7) is 0.783. The summed E-state index contributed by atoms with van der Waals surface area (Å²) in [5, 5.41) is 0. The Hall–Kier alpha value is -1.32. The van der Waals surface area contributed by atoms with Crippen molar-refractivity contribution < 1.29 is 9.53 Å². The van der Waals surface area contributed by atoms with Gasteiger partial charge >= 0.3 is 5.97 Å². The first-order valence-electron chi connectivity index (χ1n) is 3.77.